The molecule has 1 aromatic carbocycles. The average Bonchev–Trinajstić information content (AvgIpc) is 2.47. The molecule has 0 aliphatic carbocycles. The molecule has 0 aliphatic rings. The fourth-order valence-electron chi connectivity index (χ4n) is 1.94. The Bertz CT molecular complexity index is 847. The number of fused-ring (bicyclic) bond motifs is 1. The van der Waals surface area contributed by atoms with Crippen LogP contribution in [0.3, 0.4) is 0 Å². The number of hydrogen-bond donors (Lipinski definition) is 1. The fourth-order valence-corrected chi connectivity index (χ4v) is 1.94. The van der Waals surface area contributed by atoms with Crippen molar-refractivity contribution in [3.8, 4) is 17.0 Å². The molecule has 20 heavy (non-hydrogen) atoms. The van der Waals surface area contributed by atoms with E-state index in [2.05, 4.69) is 20.4 Å². The molecule has 7 heteroatoms. The van der Waals surface area contributed by atoms with Gasteiger partial charge in [-0.25, -0.2) is 9.49 Å². The number of hydrogen-bond acceptors (Lipinski definition) is 5. The van der Waals surface area contributed by atoms with Gasteiger partial charge in [0.2, 0.25) is 0 Å². The van der Waals surface area contributed by atoms with E-state index in [9.17, 15) is 9.18 Å². The fraction of sp³-hybridized carbons (Fsp3) is 0.0769. The van der Waals surface area contributed by atoms with E-state index in [0.29, 0.717) is 22.2 Å². The quantitative estimate of drug-likeness (QED) is 0.765. The highest BCUT2D eigenvalue weighted by Crippen LogP contribution is 2.27. The van der Waals surface area contributed by atoms with Crippen LogP contribution in [0, 0.1) is 5.82 Å². The minimum absolute atomic E-state index is 0.137. The van der Waals surface area contributed by atoms with Crippen LogP contribution < -0.4 is 10.3 Å². The summed E-state index contributed by atoms with van der Waals surface area (Å²) in [6, 6.07) is 5.95. The van der Waals surface area contributed by atoms with Crippen LogP contribution in [-0.4, -0.2) is 27.5 Å². The number of pyridine rings is 1. The number of halogens is 1. The summed E-state index contributed by atoms with van der Waals surface area (Å²) in [4.78, 5) is 15.8. The van der Waals surface area contributed by atoms with Gasteiger partial charge in [-0.3, -0.25) is 9.78 Å². The van der Waals surface area contributed by atoms with E-state index in [1.165, 1.54) is 31.5 Å². The van der Waals surface area contributed by atoms with Crippen LogP contribution in [-0.2, 0) is 0 Å². The smallest absolute Gasteiger partial charge is 0.275 e. The summed E-state index contributed by atoms with van der Waals surface area (Å²) in [5.74, 6) is -0.375. The molecular formula is C13H9FN4O2. The summed E-state index contributed by atoms with van der Waals surface area (Å²) in [6.45, 7) is 0. The molecule has 6 nitrogen and oxygen atoms in total. The highest BCUT2D eigenvalue weighted by Gasteiger charge is 2.12. The Morgan fingerprint density at radius 2 is 2.15 bits per heavy atom. The van der Waals surface area contributed by atoms with Gasteiger partial charge in [-0.1, -0.05) is 5.21 Å². The van der Waals surface area contributed by atoms with Crippen LogP contribution >= 0.6 is 0 Å². The van der Waals surface area contributed by atoms with Crippen molar-refractivity contribution in [3.05, 3.63) is 46.6 Å². The molecule has 2 heterocycles. The second-order valence-corrected chi connectivity index (χ2v) is 4.05. The summed E-state index contributed by atoms with van der Waals surface area (Å²) in [5, 5.41) is 9.97. The number of H-pyrrole nitrogens is 1. The van der Waals surface area contributed by atoms with Crippen LogP contribution in [0.25, 0.3) is 22.2 Å². The van der Waals surface area contributed by atoms with Crippen molar-refractivity contribution in [1.82, 2.24) is 20.4 Å². The maximum atomic E-state index is 13.8. The van der Waals surface area contributed by atoms with Crippen LogP contribution in [0.4, 0.5) is 4.39 Å². The molecule has 3 rings (SSSR count). The zero-order valence-corrected chi connectivity index (χ0v) is 10.4. The number of aromatic nitrogens is 4. The van der Waals surface area contributed by atoms with Crippen LogP contribution in [0.15, 0.2) is 35.3 Å². The summed E-state index contributed by atoms with van der Waals surface area (Å²) < 4.78 is 18.6. The minimum atomic E-state index is -0.512. The van der Waals surface area contributed by atoms with Crippen molar-refractivity contribution in [2.75, 3.05) is 7.11 Å². The highest BCUT2D eigenvalue weighted by molar-refractivity contribution is 5.90. The molecule has 0 atom stereocenters. The van der Waals surface area contributed by atoms with Gasteiger partial charge in [0, 0.05) is 11.8 Å². The first-order valence-corrected chi connectivity index (χ1v) is 5.74. The number of ether oxygens (including phenoxy) is 1. The zero-order chi connectivity index (χ0) is 14.1. The SMILES string of the molecule is COc1ccc(-c2nccc3c(=O)[nH]nnc23)cc1F. The van der Waals surface area contributed by atoms with Gasteiger partial charge in [-0.05, 0) is 24.3 Å². The Balaban J connectivity index is 2.27. The third-order valence-corrected chi connectivity index (χ3v) is 2.90. The molecular weight excluding hydrogens is 263 g/mol. The standard InChI is InChI=1S/C13H9FN4O2/c1-20-10-3-2-7(6-9(10)14)11-12-8(4-5-15-11)13(19)17-18-16-12/h2-6H,1H3,(H,16,17,19). The number of aromatic amines is 1. The normalized spacial score (nSPS) is 10.7. The summed E-state index contributed by atoms with van der Waals surface area (Å²) in [5.41, 5.74) is 0.838. The third kappa shape index (κ3) is 1.89. The van der Waals surface area contributed by atoms with E-state index in [1.54, 1.807) is 6.07 Å². The monoisotopic (exact) mass is 272 g/mol. The molecule has 3 aromatic rings. The first-order valence-electron chi connectivity index (χ1n) is 5.74. The Hall–Kier alpha value is -2.83. The van der Waals surface area contributed by atoms with Gasteiger partial charge < -0.3 is 4.74 Å². The lowest BCUT2D eigenvalue weighted by Gasteiger charge is -2.06. The lowest BCUT2D eigenvalue weighted by Crippen LogP contribution is -2.10. The van der Waals surface area contributed by atoms with Gasteiger partial charge in [0.25, 0.3) is 5.56 Å². The van der Waals surface area contributed by atoms with Crippen LogP contribution in [0.1, 0.15) is 0 Å². The molecule has 100 valence electrons. The van der Waals surface area contributed by atoms with E-state index in [1.807, 2.05) is 0 Å². The molecule has 0 saturated heterocycles. The molecule has 0 bridgehead atoms. The molecule has 1 N–H and O–H groups in total. The van der Waals surface area contributed by atoms with Gasteiger partial charge in [0.15, 0.2) is 11.6 Å². The number of benzene rings is 1. The largest absolute Gasteiger partial charge is 0.494 e. The lowest BCUT2D eigenvalue weighted by atomic mass is 10.1. The molecule has 0 radical (unpaired) electrons. The Morgan fingerprint density at radius 3 is 2.90 bits per heavy atom. The predicted molar refractivity (Wildman–Crippen MR) is 69.9 cm³/mol. The molecule has 2 aromatic heterocycles. The Kier molecular flexibility index (Phi) is 2.86. The van der Waals surface area contributed by atoms with Crippen LogP contribution in [0.2, 0.25) is 0 Å². The van der Waals surface area contributed by atoms with Crippen molar-refractivity contribution < 1.29 is 9.13 Å². The van der Waals surface area contributed by atoms with Crippen molar-refractivity contribution in [1.29, 1.82) is 0 Å². The number of nitrogens with zero attached hydrogens (tertiary/aromatic N) is 3. The van der Waals surface area contributed by atoms with E-state index >= 15 is 0 Å². The molecule has 0 aliphatic heterocycles. The second-order valence-electron chi connectivity index (χ2n) is 4.05. The predicted octanol–water partition coefficient (Wildman–Crippen LogP) is 1.53. The number of rotatable bonds is 2. The summed E-state index contributed by atoms with van der Waals surface area (Å²) in [6.07, 6.45) is 1.47. The molecule has 0 amide bonds. The maximum absolute atomic E-state index is 13.8. The van der Waals surface area contributed by atoms with Gasteiger partial charge in [-0.15, -0.1) is 5.10 Å². The summed E-state index contributed by atoms with van der Waals surface area (Å²) in [7, 11) is 1.39. The maximum Gasteiger partial charge on any atom is 0.275 e. The van der Waals surface area contributed by atoms with Gasteiger partial charge in [-0.2, -0.15) is 0 Å². The molecule has 0 saturated carbocycles. The minimum Gasteiger partial charge on any atom is -0.494 e. The molecule has 0 fully saturated rings. The Labute approximate surface area is 112 Å². The van der Waals surface area contributed by atoms with E-state index in [4.69, 9.17) is 4.74 Å². The highest BCUT2D eigenvalue weighted by atomic mass is 19.1. The first-order chi connectivity index (χ1) is 9.70. The van der Waals surface area contributed by atoms with Crippen LogP contribution in [0.5, 0.6) is 5.75 Å². The molecule has 0 spiro atoms. The van der Waals surface area contributed by atoms with Crippen molar-refractivity contribution in [2.45, 2.75) is 0 Å². The van der Waals surface area contributed by atoms with Gasteiger partial charge in [0.05, 0.1) is 18.2 Å². The average molecular weight is 272 g/mol. The third-order valence-electron chi connectivity index (χ3n) is 2.90. The zero-order valence-electron chi connectivity index (χ0n) is 10.4. The first kappa shape index (κ1) is 12.2. The van der Waals surface area contributed by atoms with E-state index < -0.39 is 5.82 Å². The summed E-state index contributed by atoms with van der Waals surface area (Å²) >= 11 is 0. The lowest BCUT2D eigenvalue weighted by molar-refractivity contribution is 0.386. The van der Waals surface area contributed by atoms with E-state index in [0.717, 1.165) is 0 Å². The Morgan fingerprint density at radius 1 is 1.30 bits per heavy atom. The van der Waals surface area contributed by atoms with Crippen molar-refractivity contribution in [3.63, 3.8) is 0 Å². The van der Waals surface area contributed by atoms with Crippen molar-refractivity contribution >= 4 is 10.9 Å². The van der Waals surface area contributed by atoms with E-state index in [-0.39, 0.29) is 11.3 Å². The molecule has 0 unspecified atom stereocenters. The van der Waals surface area contributed by atoms with Crippen molar-refractivity contribution in [2.24, 2.45) is 0 Å². The topological polar surface area (TPSA) is 80.8 Å². The number of nitrogens with one attached hydrogen (secondary N) is 1. The van der Waals surface area contributed by atoms with Gasteiger partial charge in [0.1, 0.15) is 5.52 Å². The van der Waals surface area contributed by atoms with Gasteiger partial charge >= 0.3 is 0 Å². The second kappa shape index (κ2) is 4.69. The number of methoxy groups -OCH3 is 1.